The van der Waals surface area contributed by atoms with Crippen LogP contribution in [-0.2, 0) is 10.0 Å². The highest BCUT2D eigenvalue weighted by molar-refractivity contribution is 7.89. The zero-order valence-electron chi connectivity index (χ0n) is 11.5. The van der Waals surface area contributed by atoms with Gasteiger partial charge in [-0.05, 0) is 24.5 Å². The van der Waals surface area contributed by atoms with Crippen molar-refractivity contribution in [2.45, 2.75) is 25.7 Å². The summed E-state index contributed by atoms with van der Waals surface area (Å²) in [5.41, 5.74) is 1.11. The predicted molar refractivity (Wildman–Crippen MR) is 76.0 cm³/mol. The summed E-state index contributed by atoms with van der Waals surface area (Å²) >= 11 is 0. The SMILES string of the molecule is CCCS(=O)(=O)N1CC[C@@H](c2ccccc2OC)C1. The van der Waals surface area contributed by atoms with Gasteiger partial charge in [0, 0.05) is 19.0 Å². The van der Waals surface area contributed by atoms with Crippen molar-refractivity contribution < 1.29 is 13.2 Å². The molecule has 0 saturated carbocycles. The minimum Gasteiger partial charge on any atom is -0.496 e. The Hall–Kier alpha value is -1.07. The summed E-state index contributed by atoms with van der Waals surface area (Å²) in [6.07, 6.45) is 1.53. The lowest BCUT2D eigenvalue weighted by molar-refractivity contribution is 0.405. The molecule has 5 heteroatoms. The summed E-state index contributed by atoms with van der Waals surface area (Å²) in [4.78, 5) is 0. The van der Waals surface area contributed by atoms with Crippen LogP contribution in [0.5, 0.6) is 5.75 Å². The maximum atomic E-state index is 12.1. The maximum absolute atomic E-state index is 12.1. The van der Waals surface area contributed by atoms with Crippen molar-refractivity contribution in [1.82, 2.24) is 4.31 Å². The molecule has 19 heavy (non-hydrogen) atoms. The topological polar surface area (TPSA) is 46.6 Å². The zero-order valence-corrected chi connectivity index (χ0v) is 12.3. The third-order valence-corrected chi connectivity index (χ3v) is 5.63. The molecule has 0 N–H and O–H groups in total. The van der Waals surface area contributed by atoms with Crippen LogP contribution in [0.1, 0.15) is 31.2 Å². The minimum atomic E-state index is -3.08. The van der Waals surface area contributed by atoms with Crippen LogP contribution < -0.4 is 4.74 Å². The Morgan fingerprint density at radius 1 is 1.37 bits per heavy atom. The molecule has 106 valence electrons. The van der Waals surface area contributed by atoms with E-state index in [-0.39, 0.29) is 11.7 Å². The lowest BCUT2D eigenvalue weighted by Gasteiger charge is -2.17. The summed E-state index contributed by atoms with van der Waals surface area (Å²) in [6, 6.07) is 7.86. The minimum absolute atomic E-state index is 0.239. The van der Waals surface area contributed by atoms with Gasteiger partial charge >= 0.3 is 0 Å². The van der Waals surface area contributed by atoms with E-state index in [0.29, 0.717) is 19.5 Å². The molecule has 0 unspecified atom stereocenters. The van der Waals surface area contributed by atoms with Crippen LogP contribution in [0.15, 0.2) is 24.3 Å². The Morgan fingerprint density at radius 3 is 2.79 bits per heavy atom. The van der Waals surface area contributed by atoms with Gasteiger partial charge in [-0.25, -0.2) is 12.7 Å². The van der Waals surface area contributed by atoms with Gasteiger partial charge < -0.3 is 4.74 Å². The van der Waals surface area contributed by atoms with E-state index < -0.39 is 10.0 Å². The lowest BCUT2D eigenvalue weighted by atomic mass is 9.97. The van der Waals surface area contributed by atoms with Crippen LogP contribution in [0.25, 0.3) is 0 Å². The van der Waals surface area contributed by atoms with Crippen molar-refractivity contribution in [2.75, 3.05) is 26.0 Å². The van der Waals surface area contributed by atoms with Crippen molar-refractivity contribution in [3.8, 4) is 5.75 Å². The van der Waals surface area contributed by atoms with Crippen LogP contribution in [0, 0.1) is 0 Å². The van der Waals surface area contributed by atoms with Gasteiger partial charge in [0.15, 0.2) is 0 Å². The smallest absolute Gasteiger partial charge is 0.214 e. The number of hydrogen-bond donors (Lipinski definition) is 0. The van der Waals surface area contributed by atoms with E-state index in [1.807, 2.05) is 31.2 Å². The van der Waals surface area contributed by atoms with Crippen LogP contribution in [0.4, 0.5) is 0 Å². The van der Waals surface area contributed by atoms with E-state index in [9.17, 15) is 8.42 Å². The molecular formula is C14H21NO3S. The van der Waals surface area contributed by atoms with E-state index in [2.05, 4.69) is 0 Å². The number of para-hydroxylation sites is 1. The van der Waals surface area contributed by atoms with E-state index in [0.717, 1.165) is 17.7 Å². The molecule has 1 aliphatic rings. The molecule has 2 rings (SSSR count). The maximum Gasteiger partial charge on any atom is 0.214 e. The molecule has 1 aliphatic heterocycles. The number of methoxy groups -OCH3 is 1. The Balaban J connectivity index is 2.14. The first-order chi connectivity index (χ1) is 9.08. The van der Waals surface area contributed by atoms with E-state index in [1.54, 1.807) is 11.4 Å². The van der Waals surface area contributed by atoms with Gasteiger partial charge in [-0.2, -0.15) is 0 Å². The highest BCUT2D eigenvalue weighted by Crippen LogP contribution is 2.34. The predicted octanol–water partition coefficient (Wildman–Crippen LogP) is 2.22. The van der Waals surface area contributed by atoms with E-state index >= 15 is 0 Å². The zero-order chi connectivity index (χ0) is 13.9. The number of benzene rings is 1. The highest BCUT2D eigenvalue weighted by atomic mass is 32.2. The lowest BCUT2D eigenvalue weighted by Crippen LogP contribution is -2.30. The largest absolute Gasteiger partial charge is 0.496 e. The molecule has 1 heterocycles. The molecule has 0 aromatic heterocycles. The Labute approximate surface area is 115 Å². The van der Waals surface area contributed by atoms with Gasteiger partial charge in [0.05, 0.1) is 12.9 Å². The van der Waals surface area contributed by atoms with E-state index in [4.69, 9.17) is 4.74 Å². The molecular weight excluding hydrogens is 262 g/mol. The monoisotopic (exact) mass is 283 g/mol. The van der Waals surface area contributed by atoms with Crippen molar-refractivity contribution in [3.05, 3.63) is 29.8 Å². The fraction of sp³-hybridized carbons (Fsp3) is 0.571. The Morgan fingerprint density at radius 2 is 2.11 bits per heavy atom. The van der Waals surface area contributed by atoms with Crippen molar-refractivity contribution in [2.24, 2.45) is 0 Å². The summed E-state index contributed by atoms with van der Waals surface area (Å²) in [5.74, 6) is 1.33. The number of ether oxygens (including phenoxy) is 1. The average molecular weight is 283 g/mol. The second-order valence-electron chi connectivity index (χ2n) is 4.90. The van der Waals surface area contributed by atoms with Gasteiger partial charge in [0.2, 0.25) is 10.0 Å². The second-order valence-corrected chi connectivity index (χ2v) is 6.99. The third-order valence-electron chi connectivity index (χ3n) is 3.59. The van der Waals surface area contributed by atoms with Crippen LogP contribution >= 0.6 is 0 Å². The average Bonchev–Trinajstić information content (AvgIpc) is 2.89. The number of sulfonamides is 1. The van der Waals surface area contributed by atoms with Crippen LogP contribution in [0.2, 0.25) is 0 Å². The first kappa shape index (κ1) is 14.3. The Bertz CT molecular complexity index is 527. The van der Waals surface area contributed by atoms with Crippen molar-refractivity contribution >= 4 is 10.0 Å². The van der Waals surface area contributed by atoms with E-state index in [1.165, 1.54) is 0 Å². The molecule has 0 spiro atoms. The third kappa shape index (κ3) is 3.09. The molecule has 4 nitrogen and oxygen atoms in total. The fourth-order valence-corrected chi connectivity index (χ4v) is 4.19. The quantitative estimate of drug-likeness (QED) is 0.832. The summed E-state index contributed by atoms with van der Waals surface area (Å²) < 4.78 is 31.1. The molecule has 0 radical (unpaired) electrons. The summed E-state index contributed by atoms with van der Waals surface area (Å²) in [5, 5.41) is 0. The second kappa shape index (κ2) is 5.92. The first-order valence-corrected chi connectivity index (χ1v) is 8.30. The molecule has 1 fully saturated rings. The summed E-state index contributed by atoms with van der Waals surface area (Å²) in [7, 11) is -1.43. The van der Waals surface area contributed by atoms with Gasteiger partial charge in [-0.15, -0.1) is 0 Å². The molecule has 0 aliphatic carbocycles. The molecule has 0 amide bonds. The standard InChI is InChI=1S/C14H21NO3S/c1-3-10-19(16,17)15-9-8-12(11-15)13-6-4-5-7-14(13)18-2/h4-7,12H,3,8-11H2,1-2H3/t12-/m1/s1. The molecule has 1 atom stereocenters. The van der Waals surface area contributed by atoms with Crippen molar-refractivity contribution in [3.63, 3.8) is 0 Å². The normalized spacial score (nSPS) is 20.6. The van der Waals surface area contributed by atoms with Crippen molar-refractivity contribution in [1.29, 1.82) is 0 Å². The van der Waals surface area contributed by atoms with Crippen LogP contribution in [0.3, 0.4) is 0 Å². The highest BCUT2D eigenvalue weighted by Gasteiger charge is 2.32. The molecule has 1 aromatic carbocycles. The number of rotatable bonds is 5. The van der Waals surface area contributed by atoms with Gasteiger partial charge in [-0.3, -0.25) is 0 Å². The molecule has 0 bridgehead atoms. The van der Waals surface area contributed by atoms with Crippen LogP contribution in [-0.4, -0.2) is 38.7 Å². The Kier molecular flexibility index (Phi) is 4.47. The molecule has 1 aromatic rings. The first-order valence-electron chi connectivity index (χ1n) is 6.69. The number of hydrogen-bond acceptors (Lipinski definition) is 3. The van der Waals surface area contributed by atoms with Gasteiger partial charge in [0.1, 0.15) is 5.75 Å². The van der Waals surface area contributed by atoms with Gasteiger partial charge in [0.25, 0.3) is 0 Å². The molecule has 1 saturated heterocycles. The fourth-order valence-electron chi connectivity index (χ4n) is 2.63. The number of nitrogens with zero attached hydrogens (tertiary/aromatic N) is 1. The van der Waals surface area contributed by atoms with Gasteiger partial charge in [-0.1, -0.05) is 25.1 Å². The summed E-state index contributed by atoms with van der Waals surface area (Å²) in [6.45, 7) is 3.08.